The van der Waals surface area contributed by atoms with Crippen LogP contribution in [0.5, 0.6) is 0 Å². The second kappa shape index (κ2) is 10.3. The second-order valence-corrected chi connectivity index (χ2v) is 4.71. The van der Waals surface area contributed by atoms with E-state index in [2.05, 4.69) is 9.55 Å². The molecule has 0 amide bonds. The number of aromatic nitrogens is 2. The standard InChI is InChI=1S/C14H26N2O/c17-13-9-7-5-3-1-2-4-6-8-11-16-12-10-15-14-16/h10,12,14,17H,1-9,11,13H2. The Morgan fingerprint density at radius 3 is 1.94 bits per heavy atom. The lowest BCUT2D eigenvalue weighted by Gasteiger charge is -2.03. The molecule has 1 heterocycles. The number of hydrogen-bond acceptors (Lipinski definition) is 2. The molecule has 0 saturated heterocycles. The highest BCUT2D eigenvalue weighted by molar-refractivity contribution is 4.73. The normalized spacial score (nSPS) is 10.9. The van der Waals surface area contributed by atoms with Gasteiger partial charge in [-0.3, -0.25) is 0 Å². The van der Waals surface area contributed by atoms with E-state index in [0.29, 0.717) is 6.61 Å². The van der Waals surface area contributed by atoms with E-state index in [9.17, 15) is 0 Å². The first kappa shape index (κ1) is 14.2. The largest absolute Gasteiger partial charge is 0.396 e. The van der Waals surface area contributed by atoms with Crippen LogP contribution in [0.2, 0.25) is 0 Å². The minimum Gasteiger partial charge on any atom is -0.396 e. The summed E-state index contributed by atoms with van der Waals surface area (Å²) >= 11 is 0. The van der Waals surface area contributed by atoms with Gasteiger partial charge in [0, 0.05) is 25.5 Å². The Balaban J connectivity index is 1.76. The van der Waals surface area contributed by atoms with Crippen molar-refractivity contribution in [2.75, 3.05) is 6.61 Å². The van der Waals surface area contributed by atoms with Crippen LogP contribution < -0.4 is 0 Å². The van der Waals surface area contributed by atoms with E-state index in [0.717, 1.165) is 13.0 Å². The molecule has 0 radical (unpaired) electrons. The molecule has 0 aliphatic heterocycles. The molecule has 0 fully saturated rings. The molecule has 0 spiro atoms. The molecule has 3 nitrogen and oxygen atoms in total. The van der Waals surface area contributed by atoms with Crippen molar-refractivity contribution >= 4 is 0 Å². The summed E-state index contributed by atoms with van der Waals surface area (Å²) in [6, 6.07) is 0. The molecule has 0 aliphatic carbocycles. The third kappa shape index (κ3) is 7.97. The van der Waals surface area contributed by atoms with E-state index in [-0.39, 0.29) is 0 Å². The summed E-state index contributed by atoms with van der Waals surface area (Å²) in [4.78, 5) is 4.03. The molecule has 0 atom stereocenters. The number of rotatable bonds is 11. The van der Waals surface area contributed by atoms with Gasteiger partial charge in [0.05, 0.1) is 6.33 Å². The summed E-state index contributed by atoms with van der Waals surface area (Å²) in [6.45, 7) is 1.46. The van der Waals surface area contributed by atoms with Crippen LogP contribution in [-0.2, 0) is 6.54 Å². The molecule has 0 unspecified atom stereocenters. The van der Waals surface area contributed by atoms with Gasteiger partial charge in [0.15, 0.2) is 0 Å². The summed E-state index contributed by atoms with van der Waals surface area (Å²) in [5.41, 5.74) is 0. The molecule has 0 saturated carbocycles. The van der Waals surface area contributed by atoms with Crippen molar-refractivity contribution in [1.82, 2.24) is 9.55 Å². The average molecular weight is 238 g/mol. The lowest BCUT2D eigenvalue weighted by atomic mass is 10.1. The first-order chi connectivity index (χ1) is 8.43. The number of aliphatic hydroxyl groups excluding tert-OH is 1. The number of imidazole rings is 1. The fourth-order valence-electron chi connectivity index (χ4n) is 2.06. The van der Waals surface area contributed by atoms with Gasteiger partial charge in [-0.05, 0) is 12.8 Å². The van der Waals surface area contributed by atoms with Gasteiger partial charge in [-0.15, -0.1) is 0 Å². The van der Waals surface area contributed by atoms with Gasteiger partial charge in [-0.25, -0.2) is 4.98 Å². The van der Waals surface area contributed by atoms with Crippen LogP contribution >= 0.6 is 0 Å². The molecule has 3 heteroatoms. The minimum atomic E-state index is 0.355. The van der Waals surface area contributed by atoms with Gasteiger partial charge in [0.2, 0.25) is 0 Å². The molecule has 0 aliphatic rings. The lowest BCUT2D eigenvalue weighted by molar-refractivity contribution is 0.282. The van der Waals surface area contributed by atoms with E-state index in [1.165, 1.54) is 51.4 Å². The molecule has 0 aromatic carbocycles. The van der Waals surface area contributed by atoms with Gasteiger partial charge in [-0.2, -0.15) is 0 Å². The summed E-state index contributed by atoms with van der Waals surface area (Å²) in [7, 11) is 0. The molecule has 1 N–H and O–H groups in total. The van der Waals surface area contributed by atoms with Gasteiger partial charge in [-0.1, -0.05) is 44.9 Å². The van der Waals surface area contributed by atoms with Crippen molar-refractivity contribution in [2.45, 2.75) is 64.3 Å². The second-order valence-electron chi connectivity index (χ2n) is 4.71. The Hall–Kier alpha value is -0.830. The van der Waals surface area contributed by atoms with E-state index in [4.69, 9.17) is 5.11 Å². The highest BCUT2D eigenvalue weighted by Gasteiger charge is 1.93. The summed E-state index contributed by atoms with van der Waals surface area (Å²) in [6.07, 6.45) is 17.2. The van der Waals surface area contributed by atoms with Crippen LogP contribution in [-0.4, -0.2) is 21.3 Å². The maximum Gasteiger partial charge on any atom is 0.0945 e. The van der Waals surface area contributed by atoms with Gasteiger partial charge in [0.25, 0.3) is 0 Å². The van der Waals surface area contributed by atoms with Crippen LogP contribution in [0.4, 0.5) is 0 Å². The van der Waals surface area contributed by atoms with Crippen LogP contribution in [0, 0.1) is 0 Å². The highest BCUT2D eigenvalue weighted by atomic mass is 16.2. The molecular formula is C14H26N2O. The summed E-state index contributed by atoms with van der Waals surface area (Å²) in [5, 5.41) is 8.64. The molecule has 1 rings (SSSR count). The summed E-state index contributed by atoms with van der Waals surface area (Å²) < 4.78 is 2.15. The quantitative estimate of drug-likeness (QED) is 0.600. The Morgan fingerprint density at radius 1 is 0.824 bits per heavy atom. The molecule has 17 heavy (non-hydrogen) atoms. The number of aliphatic hydroxyl groups is 1. The first-order valence-electron chi connectivity index (χ1n) is 7.00. The topological polar surface area (TPSA) is 38.0 Å². The van der Waals surface area contributed by atoms with Gasteiger partial charge < -0.3 is 9.67 Å². The maximum absolute atomic E-state index is 8.64. The van der Waals surface area contributed by atoms with E-state index in [1.54, 1.807) is 0 Å². The number of unbranched alkanes of at least 4 members (excludes halogenated alkanes) is 8. The van der Waals surface area contributed by atoms with Crippen molar-refractivity contribution in [2.24, 2.45) is 0 Å². The number of nitrogens with zero attached hydrogens (tertiary/aromatic N) is 2. The molecule has 0 bridgehead atoms. The molecular weight excluding hydrogens is 212 g/mol. The minimum absolute atomic E-state index is 0.355. The molecule has 98 valence electrons. The van der Waals surface area contributed by atoms with Crippen LogP contribution in [0.25, 0.3) is 0 Å². The Bertz CT molecular complexity index is 247. The third-order valence-electron chi connectivity index (χ3n) is 3.13. The zero-order chi connectivity index (χ0) is 12.2. The van der Waals surface area contributed by atoms with Crippen molar-refractivity contribution in [3.8, 4) is 0 Å². The fraction of sp³-hybridized carbons (Fsp3) is 0.786. The number of aryl methyl sites for hydroxylation is 1. The number of hydrogen-bond donors (Lipinski definition) is 1. The molecule has 1 aromatic heterocycles. The van der Waals surface area contributed by atoms with Gasteiger partial charge >= 0.3 is 0 Å². The summed E-state index contributed by atoms with van der Waals surface area (Å²) in [5.74, 6) is 0. The predicted octanol–water partition coefficient (Wildman–Crippen LogP) is 3.39. The average Bonchev–Trinajstić information content (AvgIpc) is 2.85. The predicted molar refractivity (Wildman–Crippen MR) is 70.9 cm³/mol. The van der Waals surface area contributed by atoms with Crippen LogP contribution in [0.15, 0.2) is 18.7 Å². The first-order valence-corrected chi connectivity index (χ1v) is 7.00. The van der Waals surface area contributed by atoms with Crippen molar-refractivity contribution in [3.05, 3.63) is 18.7 Å². The van der Waals surface area contributed by atoms with Crippen LogP contribution in [0.1, 0.15) is 57.8 Å². The highest BCUT2D eigenvalue weighted by Crippen LogP contribution is 2.09. The zero-order valence-corrected chi connectivity index (χ0v) is 10.9. The molecule has 1 aromatic rings. The van der Waals surface area contributed by atoms with E-state index >= 15 is 0 Å². The van der Waals surface area contributed by atoms with Crippen molar-refractivity contribution in [1.29, 1.82) is 0 Å². The SMILES string of the molecule is OCCCCCCCCCCCn1ccnc1. The van der Waals surface area contributed by atoms with Crippen LogP contribution in [0.3, 0.4) is 0 Å². The fourth-order valence-corrected chi connectivity index (χ4v) is 2.06. The maximum atomic E-state index is 8.64. The smallest absolute Gasteiger partial charge is 0.0945 e. The van der Waals surface area contributed by atoms with Gasteiger partial charge in [0.1, 0.15) is 0 Å². The zero-order valence-electron chi connectivity index (χ0n) is 10.9. The Kier molecular flexibility index (Phi) is 8.65. The van der Waals surface area contributed by atoms with E-state index in [1.807, 2.05) is 18.7 Å². The third-order valence-corrected chi connectivity index (χ3v) is 3.13. The Morgan fingerprint density at radius 2 is 1.41 bits per heavy atom. The monoisotopic (exact) mass is 238 g/mol. The van der Waals surface area contributed by atoms with E-state index < -0.39 is 0 Å². The van der Waals surface area contributed by atoms with Crippen molar-refractivity contribution < 1.29 is 5.11 Å². The lowest BCUT2D eigenvalue weighted by Crippen LogP contribution is -1.93. The Labute approximate surface area is 105 Å². The van der Waals surface area contributed by atoms with Crippen molar-refractivity contribution in [3.63, 3.8) is 0 Å².